The van der Waals surface area contributed by atoms with Crippen molar-refractivity contribution >= 4 is 94.2 Å². The molecular formula is C34H35F2N11O10P2S3. The lowest BCUT2D eigenvalue weighted by atomic mass is 10.1. The van der Waals surface area contributed by atoms with E-state index in [1.54, 1.807) is 44.2 Å². The summed E-state index contributed by atoms with van der Waals surface area (Å²) in [6.45, 7) is -2.33. The number of anilines is 2. The largest absolute Gasteiger partial charge is 0.346 e. The molecule has 3 aliphatic heterocycles. The van der Waals surface area contributed by atoms with Gasteiger partial charge in [0, 0.05) is 11.5 Å². The van der Waals surface area contributed by atoms with Crippen molar-refractivity contribution in [3.05, 3.63) is 65.2 Å². The molecule has 8 rings (SSSR count). The summed E-state index contributed by atoms with van der Waals surface area (Å²) >= 11 is 15.8. The molecule has 328 valence electrons. The third kappa shape index (κ3) is 9.08. The Kier molecular flexibility index (Phi) is 13.0. The summed E-state index contributed by atoms with van der Waals surface area (Å²) in [5.41, 5.74) is -4.20. The molecule has 3 aliphatic rings. The number of nitriles is 1. The maximum atomic E-state index is 16.8. The number of H-pyrrole nitrogens is 1. The van der Waals surface area contributed by atoms with Crippen molar-refractivity contribution in [2.45, 2.75) is 69.5 Å². The quantitative estimate of drug-likeness (QED) is 0.0907. The molecule has 10 atom stereocenters. The molecule has 3 N–H and O–H groups in total. The van der Waals surface area contributed by atoms with Crippen LogP contribution < -0.4 is 16.2 Å². The first-order valence-corrected chi connectivity index (χ1v) is 25.0. The third-order valence-corrected chi connectivity index (χ3v) is 14.2. The summed E-state index contributed by atoms with van der Waals surface area (Å²) in [4.78, 5) is 62.1. The van der Waals surface area contributed by atoms with E-state index in [1.165, 1.54) is 15.5 Å². The van der Waals surface area contributed by atoms with Crippen LogP contribution >= 0.6 is 24.7 Å². The Hall–Kier alpha value is -4.22. The minimum Gasteiger partial charge on any atom is -0.346 e. The summed E-state index contributed by atoms with van der Waals surface area (Å²) in [5, 5.41) is 14.5. The molecule has 0 radical (unpaired) electrons. The number of amides is 2. The van der Waals surface area contributed by atoms with Gasteiger partial charge in [-0.25, -0.2) is 28.7 Å². The minimum atomic E-state index is -4.14. The maximum absolute atomic E-state index is 16.8. The molecule has 3 saturated heterocycles. The number of nitrogens with zero attached hydrogens (tertiary/aromatic N) is 8. The van der Waals surface area contributed by atoms with Gasteiger partial charge in [0.1, 0.15) is 30.7 Å². The molecule has 2 bridgehead atoms. The van der Waals surface area contributed by atoms with E-state index < -0.39 is 98.1 Å². The smallest absolute Gasteiger partial charge is 0.327 e. The first-order valence-electron chi connectivity index (χ1n) is 18.7. The first kappa shape index (κ1) is 44.4. The number of carbonyl (C=O) groups excluding carboxylic acids is 2. The molecule has 4 aromatic heterocycles. The lowest BCUT2D eigenvalue weighted by Gasteiger charge is -2.30. The topological polar surface area (TPSA) is 254 Å². The zero-order chi connectivity index (χ0) is 43.9. The van der Waals surface area contributed by atoms with Crippen molar-refractivity contribution in [2.75, 3.05) is 30.5 Å². The number of fused-ring (bicyclic) bond motifs is 5. The molecule has 3 fully saturated rings. The fourth-order valence-corrected chi connectivity index (χ4v) is 10.7. The van der Waals surface area contributed by atoms with Gasteiger partial charge in [0.05, 0.1) is 45.0 Å². The van der Waals surface area contributed by atoms with E-state index in [9.17, 15) is 19.6 Å². The van der Waals surface area contributed by atoms with E-state index in [0.717, 1.165) is 12.7 Å². The normalized spacial score (nSPS) is 30.3. The number of hydrogen-bond donors (Lipinski definition) is 4. The van der Waals surface area contributed by atoms with Crippen molar-refractivity contribution in [2.24, 2.45) is 5.92 Å². The highest BCUT2D eigenvalue weighted by atomic mass is 32.9. The van der Waals surface area contributed by atoms with Crippen LogP contribution in [-0.4, -0.2) is 107 Å². The average molecular weight is 954 g/mol. The van der Waals surface area contributed by atoms with Gasteiger partial charge >= 0.3 is 6.72 Å². The van der Waals surface area contributed by atoms with Crippen molar-refractivity contribution < 1.29 is 50.5 Å². The molecule has 0 aliphatic carbocycles. The van der Waals surface area contributed by atoms with Gasteiger partial charge in [-0.05, 0) is 35.7 Å². The zero-order valence-electron chi connectivity index (χ0n) is 32.2. The molecule has 28 heteroatoms. The molecule has 3 unspecified atom stereocenters. The number of nitrogens with one attached hydrogen (secondary N) is 3. The van der Waals surface area contributed by atoms with Crippen LogP contribution in [0.1, 0.15) is 43.1 Å². The minimum absolute atomic E-state index is 0.0516. The van der Waals surface area contributed by atoms with Gasteiger partial charge in [-0.15, -0.1) is 0 Å². The Morgan fingerprint density at radius 1 is 0.968 bits per heavy atom. The Bertz CT molecular complexity index is 2710. The van der Waals surface area contributed by atoms with Gasteiger partial charge in [0.2, 0.25) is 17.5 Å². The molecular weight excluding hydrogens is 919 g/mol. The van der Waals surface area contributed by atoms with Crippen molar-refractivity contribution in [3.8, 4) is 6.07 Å². The number of imidazole rings is 2. The highest BCUT2D eigenvalue weighted by Gasteiger charge is 2.54. The summed E-state index contributed by atoms with van der Waals surface area (Å²) < 4.78 is 78.3. The molecule has 0 saturated carbocycles. The van der Waals surface area contributed by atoms with Crippen LogP contribution in [0.3, 0.4) is 0 Å². The van der Waals surface area contributed by atoms with Crippen molar-refractivity contribution in [1.29, 1.82) is 5.26 Å². The zero-order valence-corrected chi connectivity index (χ0v) is 36.5. The second-order valence-electron chi connectivity index (χ2n) is 14.2. The lowest BCUT2D eigenvalue weighted by molar-refractivity contribution is -0.118. The Morgan fingerprint density at radius 2 is 1.68 bits per heavy atom. The predicted octanol–water partition coefficient (Wildman–Crippen LogP) is 4.40. The van der Waals surface area contributed by atoms with Crippen molar-refractivity contribution in [3.63, 3.8) is 0 Å². The van der Waals surface area contributed by atoms with Gasteiger partial charge in [0.15, 0.2) is 52.9 Å². The average Bonchev–Trinajstić information content (AvgIpc) is 4.01. The van der Waals surface area contributed by atoms with Crippen LogP contribution in [0.25, 0.3) is 22.3 Å². The SMILES string of the molecule is CC(C)C(=O)Nc1nc2c(ncn2C2O[C@@H]3COP(=S)(S)O[C@H]4[C@H](F)[C@H](n5cnc6c(NC(=O)c7ccccc7)ncnc65)O[C@@H]4COP(=S)(OCCC#N)O[C@@H]2[C@@H]3F)c(=O)[nH]1. The van der Waals surface area contributed by atoms with Crippen molar-refractivity contribution in [1.82, 2.24) is 39.0 Å². The highest BCUT2D eigenvalue weighted by Crippen LogP contribution is 2.60. The number of aromatic amines is 1. The van der Waals surface area contributed by atoms with E-state index in [4.69, 9.17) is 55.7 Å². The number of hydrogen-bond acceptors (Lipinski definition) is 18. The van der Waals surface area contributed by atoms with E-state index in [-0.39, 0.29) is 47.1 Å². The first-order chi connectivity index (χ1) is 29.6. The number of carbonyl (C=O) groups is 2. The summed E-state index contributed by atoms with van der Waals surface area (Å²) in [6, 6.07) is 10.3. The Morgan fingerprint density at radius 3 is 2.42 bits per heavy atom. The number of ether oxygens (including phenoxy) is 2. The molecule has 1 aromatic carbocycles. The van der Waals surface area contributed by atoms with Gasteiger partial charge < -0.3 is 32.9 Å². The Balaban J connectivity index is 1.10. The number of alkyl halides is 2. The molecule has 62 heavy (non-hydrogen) atoms. The summed E-state index contributed by atoms with van der Waals surface area (Å²) in [7, 11) is 0. The number of benzene rings is 1. The van der Waals surface area contributed by atoms with Crippen LogP contribution in [0.5, 0.6) is 0 Å². The molecule has 5 aromatic rings. The van der Waals surface area contributed by atoms with E-state index in [1.807, 2.05) is 6.07 Å². The molecule has 2 amide bonds. The Labute approximate surface area is 364 Å². The third-order valence-electron chi connectivity index (χ3n) is 9.67. The fourth-order valence-electron chi connectivity index (χ4n) is 6.64. The van der Waals surface area contributed by atoms with Crippen LogP contribution in [-0.2, 0) is 60.5 Å². The van der Waals surface area contributed by atoms with Crippen LogP contribution in [0.2, 0.25) is 0 Å². The molecule has 7 heterocycles. The highest BCUT2D eigenvalue weighted by molar-refractivity contribution is 8.60. The van der Waals surface area contributed by atoms with E-state index in [2.05, 4.69) is 52.8 Å². The van der Waals surface area contributed by atoms with Gasteiger partial charge in [-0.1, -0.05) is 44.3 Å². The summed E-state index contributed by atoms with van der Waals surface area (Å²) in [6.07, 6.45) is -9.62. The number of halogens is 2. The molecule has 21 nitrogen and oxygen atoms in total. The van der Waals surface area contributed by atoms with Crippen LogP contribution in [0.15, 0.2) is 54.1 Å². The van der Waals surface area contributed by atoms with E-state index in [0.29, 0.717) is 5.56 Å². The van der Waals surface area contributed by atoms with Gasteiger partial charge in [0.25, 0.3) is 11.5 Å². The van der Waals surface area contributed by atoms with Crippen LogP contribution in [0.4, 0.5) is 20.5 Å². The lowest BCUT2D eigenvalue weighted by Crippen LogP contribution is -2.34. The second-order valence-corrected chi connectivity index (χ2v) is 22.4. The predicted molar refractivity (Wildman–Crippen MR) is 224 cm³/mol. The van der Waals surface area contributed by atoms with Gasteiger partial charge in [-0.3, -0.25) is 38.3 Å². The standard InChI is InChI=1S/C34H35F2N11O10P2S3/c1-16(2)29(48)44-34-43-28-23(31(50)45-34)41-15-47(28)33-25-20(35)18(54-33)11-53-59(61,62)57-24-19(12-52-58(60,56-25)51-10-6-9-37)55-32(21(24)36)46-14-40-22-26(38-13-39-27(22)46)42-30(49)17-7-4-3-5-8-17/h3-5,7-8,13-16,18-21,24-25,32-33H,6,10-12H2,1-2H3,(H,61,62)(H,38,39,42,49)(H2,43,44,45,48,50)/t18-,19-,20-,21+,24-,25-,32-,33?,58?/m1/s1. The maximum Gasteiger partial charge on any atom is 0.327 e. The fraction of sp³-hybridized carbons (Fsp3) is 0.441. The molecule has 0 spiro atoms. The number of rotatable bonds is 9. The monoisotopic (exact) mass is 953 g/mol. The van der Waals surface area contributed by atoms with E-state index >= 15 is 8.78 Å². The summed E-state index contributed by atoms with van der Waals surface area (Å²) in [5.74, 6) is -1.53. The van der Waals surface area contributed by atoms with Crippen LogP contribution in [0, 0.1) is 17.2 Å². The second kappa shape index (κ2) is 18.1. The number of aromatic nitrogens is 8. The number of thiol groups is 1. The van der Waals surface area contributed by atoms with Gasteiger partial charge in [-0.2, -0.15) is 10.2 Å².